The fourth-order valence-corrected chi connectivity index (χ4v) is 3.79. The van der Waals surface area contributed by atoms with E-state index in [1.165, 1.54) is 43.6 Å². The molecule has 21 heavy (non-hydrogen) atoms. The van der Waals surface area contributed by atoms with E-state index in [1.54, 1.807) is 0 Å². The van der Waals surface area contributed by atoms with Gasteiger partial charge in [-0.05, 0) is 49.9 Å². The van der Waals surface area contributed by atoms with Gasteiger partial charge in [0.15, 0.2) is 0 Å². The van der Waals surface area contributed by atoms with Crippen molar-refractivity contribution >= 4 is 0 Å². The van der Waals surface area contributed by atoms with Crippen molar-refractivity contribution in [3.05, 3.63) is 35.4 Å². The van der Waals surface area contributed by atoms with E-state index in [0.717, 1.165) is 19.1 Å². The van der Waals surface area contributed by atoms with Crippen LogP contribution < -0.4 is 5.73 Å². The molecule has 2 heterocycles. The first kappa shape index (κ1) is 15.0. The van der Waals surface area contributed by atoms with Crippen molar-refractivity contribution in [3.63, 3.8) is 0 Å². The molecule has 3 nitrogen and oxygen atoms in total. The third-order valence-corrected chi connectivity index (χ3v) is 5.35. The van der Waals surface area contributed by atoms with Crippen LogP contribution in [0.1, 0.15) is 43.7 Å². The highest BCUT2D eigenvalue weighted by atomic mass is 15.3. The Bertz CT molecular complexity index is 456. The van der Waals surface area contributed by atoms with E-state index >= 15 is 0 Å². The van der Waals surface area contributed by atoms with Crippen molar-refractivity contribution in [1.29, 1.82) is 0 Å². The summed E-state index contributed by atoms with van der Waals surface area (Å²) in [7, 11) is 0. The largest absolute Gasteiger partial charge is 0.330 e. The topological polar surface area (TPSA) is 32.5 Å². The van der Waals surface area contributed by atoms with Crippen molar-refractivity contribution < 1.29 is 0 Å². The maximum absolute atomic E-state index is 5.75. The second-order valence-electron chi connectivity index (χ2n) is 6.95. The molecule has 2 fully saturated rings. The van der Waals surface area contributed by atoms with Gasteiger partial charge in [0.2, 0.25) is 0 Å². The molecule has 2 aliphatic heterocycles. The lowest BCUT2D eigenvalue weighted by Gasteiger charge is -2.42. The molecular weight excluding hydrogens is 258 g/mol. The first-order valence-corrected chi connectivity index (χ1v) is 8.44. The Morgan fingerprint density at radius 1 is 1.24 bits per heavy atom. The van der Waals surface area contributed by atoms with Gasteiger partial charge in [-0.1, -0.05) is 31.2 Å². The van der Waals surface area contributed by atoms with E-state index in [-0.39, 0.29) is 0 Å². The molecule has 3 atom stereocenters. The van der Waals surface area contributed by atoms with Gasteiger partial charge in [-0.2, -0.15) is 0 Å². The molecule has 1 aromatic rings. The zero-order chi connectivity index (χ0) is 14.8. The second kappa shape index (κ2) is 6.47. The molecule has 2 N–H and O–H groups in total. The number of rotatable bonds is 4. The van der Waals surface area contributed by atoms with Crippen LogP contribution in [0, 0.1) is 0 Å². The van der Waals surface area contributed by atoms with E-state index in [4.69, 9.17) is 5.73 Å². The Morgan fingerprint density at radius 3 is 2.71 bits per heavy atom. The fraction of sp³-hybridized carbons (Fsp3) is 0.667. The van der Waals surface area contributed by atoms with E-state index < -0.39 is 0 Å². The predicted octanol–water partition coefficient (Wildman–Crippen LogP) is 2.42. The summed E-state index contributed by atoms with van der Waals surface area (Å²) in [5, 5.41) is 0. The van der Waals surface area contributed by atoms with Gasteiger partial charge in [-0.3, -0.25) is 9.80 Å². The number of hydrogen-bond acceptors (Lipinski definition) is 3. The van der Waals surface area contributed by atoms with Crippen molar-refractivity contribution in [2.75, 3.05) is 26.2 Å². The molecule has 116 valence electrons. The molecule has 0 aliphatic carbocycles. The fourth-order valence-electron chi connectivity index (χ4n) is 3.79. The van der Waals surface area contributed by atoms with Crippen molar-refractivity contribution in [1.82, 2.24) is 9.80 Å². The molecule has 0 radical (unpaired) electrons. The van der Waals surface area contributed by atoms with E-state index in [2.05, 4.69) is 47.9 Å². The van der Waals surface area contributed by atoms with E-state index in [0.29, 0.717) is 12.0 Å². The van der Waals surface area contributed by atoms with Crippen LogP contribution in [-0.2, 0) is 6.54 Å². The number of fused-ring (bicyclic) bond motifs is 1. The van der Waals surface area contributed by atoms with Gasteiger partial charge >= 0.3 is 0 Å². The minimum absolute atomic E-state index is 0.458. The number of nitrogens with two attached hydrogens (primary N) is 1. The summed E-state index contributed by atoms with van der Waals surface area (Å²) in [4.78, 5) is 5.35. The third-order valence-electron chi connectivity index (χ3n) is 5.35. The van der Waals surface area contributed by atoms with Crippen LogP contribution in [0.15, 0.2) is 24.3 Å². The molecule has 3 heteroatoms. The molecule has 3 unspecified atom stereocenters. The predicted molar refractivity (Wildman–Crippen MR) is 88.4 cm³/mol. The maximum Gasteiger partial charge on any atom is 0.0237 e. The zero-order valence-electron chi connectivity index (χ0n) is 13.5. The maximum atomic E-state index is 5.75. The molecule has 0 spiro atoms. The Hall–Kier alpha value is -0.900. The van der Waals surface area contributed by atoms with Crippen molar-refractivity contribution in [2.24, 2.45) is 5.73 Å². The minimum Gasteiger partial charge on any atom is -0.330 e. The summed E-state index contributed by atoms with van der Waals surface area (Å²) >= 11 is 0. The first-order chi connectivity index (χ1) is 10.2. The summed E-state index contributed by atoms with van der Waals surface area (Å²) < 4.78 is 0. The van der Waals surface area contributed by atoms with Gasteiger partial charge in [-0.15, -0.1) is 0 Å². The van der Waals surface area contributed by atoms with E-state index in [1.807, 2.05) is 0 Å². The Labute approximate surface area is 129 Å². The molecule has 0 aromatic heterocycles. The quantitative estimate of drug-likeness (QED) is 0.923. The van der Waals surface area contributed by atoms with Gasteiger partial charge < -0.3 is 5.73 Å². The highest BCUT2D eigenvalue weighted by Gasteiger charge is 2.34. The molecule has 1 aromatic carbocycles. The summed E-state index contributed by atoms with van der Waals surface area (Å²) in [6.07, 6.45) is 2.77. The molecule has 0 amide bonds. The lowest BCUT2D eigenvalue weighted by Crippen LogP contribution is -2.54. The third kappa shape index (κ3) is 3.31. The minimum atomic E-state index is 0.458. The van der Waals surface area contributed by atoms with Gasteiger partial charge in [0.05, 0.1) is 0 Å². The van der Waals surface area contributed by atoms with Crippen LogP contribution in [0.25, 0.3) is 0 Å². The van der Waals surface area contributed by atoms with Crippen LogP contribution in [0.5, 0.6) is 0 Å². The van der Waals surface area contributed by atoms with Crippen LogP contribution in [0.4, 0.5) is 0 Å². The van der Waals surface area contributed by atoms with Crippen LogP contribution in [0.2, 0.25) is 0 Å². The highest BCUT2D eigenvalue weighted by Crippen LogP contribution is 2.26. The smallest absolute Gasteiger partial charge is 0.0237 e. The molecule has 2 aliphatic rings. The summed E-state index contributed by atoms with van der Waals surface area (Å²) in [5.74, 6) is 0.458. The van der Waals surface area contributed by atoms with Crippen molar-refractivity contribution in [2.45, 2.75) is 51.2 Å². The number of benzene rings is 1. The van der Waals surface area contributed by atoms with Gasteiger partial charge in [0, 0.05) is 31.7 Å². The van der Waals surface area contributed by atoms with Gasteiger partial charge in [0.25, 0.3) is 0 Å². The molecule has 0 saturated carbocycles. The number of piperazine rings is 1. The summed E-state index contributed by atoms with van der Waals surface area (Å²) in [6, 6.07) is 10.6. The lowest BCUT2D eigenvalue weighted by atomic mass is 9.99. The molecule has 3 rings (SSSR count). The monoisotopic (exact) mass is 287 g/mol. The number of nitrogens with zero attached hydrogens (tertiary/aromatic N) is 2. The zero-order valence-corrected chi connectivity index (χ0v) is 13.5. The first-order valence-electron chi connectivity index (χ1n) is 8.44. The summed E-state index contributed by atoms with van der Waals surface area (Å²) in [5.41, 5.74) is 8.53. The average molecular weight is 287 g/mol. The molecular formula is C18H29N3. The van der Waals surface area contributed by atoms with Crippen LogP contribution in [0.3, 0.4) is 0 Å². The molecule has 2 saturated heterocycles. The average Bonchev–Trinajstić information content (AvgIpc) is 2.94. The van der Waals surface area contributed by atoms with Crippen LogP contribution >= 0.6 is 0 Å². The second-order valence-corrected chi connectivity index (χ2v) is 6.95. The SMILES string of the molecule is CC(CN)c1ccc(CN2CC3CCCN3CC2C)cc1. The Kier molecular flexibility index (Phi) is 4.63. The standard InChI is InChI=1S/C18H29N3/c1-14(10-19)17-7-5-16(6-8-17)12-21-13-18-4-3-9-20(18)11-15(21)2/h5-8,14-15,18H,3-4,9-13,19H2,1-2H3. The number of hydrogen-bond donors (Lipinski definition) is 1. The van der Waals surface area contributed by atoms with Crippen molar-refractivity contribution in [3.8, 4) is 0 Å². The van der Waals surface area contributed by atoms with Crippen LogP contribution in [-0.4, -0.2) is 48.1 Å². The van der Waals surface area contributed by atoms with Gasteiger partial charge in [0.1, 0.15) is 0 Å². The Morgan fingerprint density at radius 2 is 2.00 bits per heavy atom. The lowest BCUT2D eigenvalue weighted by molar-refractivity contribution is 0.0540. The highest BCUT2D eigenvalue weighted by molar-refractivity contribution is 5.25. The normalized spacial score (nSPS) is 28.5. The molecule has 0 bridgehead atoms. The summed E-state index contributed by atoms with van der Waals surface area (Å²) in [6.45, 7) is 10.2. The Balaban J connectivity index is 1.63. The van der Waals surface area contributed by atoms with E-state index in [9.17, 15) is 0 Å². The van der Waals surface area contributed by atoms with Gasteiger partial charge in [-0.25, -0.2) is 0 Å².